The van der Waals surface area contributed by atoms with Gasteiger partial charge in [-0.15, -0.1) is 0 Å². The van der Waals surface area contributed by atoms with Gasteiger partial charge >= 0.3 is 0 Å². The number of aliphatic hydroxyl groups is 4. The molecule has 0 spiro atoms. The van der Waals surface area contributed by atoms with E-state index in [0.29, 0.717) is 12.3 Å². The predicted molar refractivity (Wildman–Crippen MR) is 287 cm³/mol. The topological polar surface area (TPSA) is 505 Å². The number of unbranched alkanes of at least 4 members (excludes halogenated alkanes) is 1. The molecule has 13 atom stereocenters. The Kier molecular flexibility index (Phi) is 33.1. The minimum Gasteiger partial charge on any atom is -0.394 e. The fourth-order valence-corrected chi connectivity index (χ4v) is 8.05. The highest BCUT2D eigenvalue weighted by atomic mass is 16.3. The number of aliphatic hydroxyl groups excluding tert-OH is 4. The van der Waals surface area contributed by atoms with E-state index in [9.17, 15) is 73.2 Å². The summed E-state index contributed by atoms with van der Waals surface area (Å²) in [6.45, 7) is 8.73. The van der Waals surface area contributed by atoms with E-state index in [2.05, 4.69) is 58.5 Å². The maximum atomic E-state index is 14.2. The van der Waals surface area contributed by atoms with E-state index in [1.165, 1.54) is 6.92 Å². The van der Waals surface area contributed by atoms with E-state index in [0.717, 1.165) is 26.7 Å². The molecule has 0 unspecified atom stereocenters. The largest absolute Gasteiger partial charge is 0.394 e. The standard InChI is InChI=1S/C49H91N15O15/c1-24(2)10-8-9-11-36(69)55-29(12-17-50)43(73)63-39(28(7)68)49(79)61-35(23-65)46(76)58-33-16-21-54-47(77)37(26(5)66)62-44(74)32(15-20-53)57-40(70)31(14-19-52)59-48(78)38(27(6)67)64-45(75)34(22-25(3)4)60-41(71)30(13-18-51)56-42(33)72/h24-35,37-39,65-68H,8-23,50-53H2,1-7H3,(H,54,77)(H,55,69)(H,56,72)(H,57,70)(H,58,76)(H,59,78)(H,60,71)(H,61,79)(H,62,74)(H,63,73)(H,64,75)/t26-,27-,28-,29+,30+,31+,32+,33+,34-,35-,37+,38+,39+/m1/s1. The Balaban J connectivity index is 3.76. The second-order valence-electron chi connectivity index (χ2n) is 20.5. The van der Waals surface area contributed by atoms with Crippen LogP contribution in [-0.2, 0) is 52.7 Å². The van der Waals surface area contributed by atoms with E-state index in [-0.39, 0.29) is 70.6 Å². The molecule has 452 valence electrons. The van der Waals surface area contributed by atoms with Crippen molar-refractivity contribution in [2.24, 2.45) is 34.8 Å². The summed E-state index contributed by atoms with van der Waals surface area (Å²) in [6, 6.07) is -16.0. The van der Waals surface area contributed by atoms with Gasteiger partial charge in [-0.3, -0.25) is 52.7 Å². The van der Waals surface area contributed by atoms with Crippen LogP contribution in [-0.4, -0.2) is 203 Å². The predicted octanol–water partition coefficient (Wildman–Crippen LogP) is -7.85. The Bertz CT molecular complexity index is 2010. The minimum atomic E-state index is -1.90. The Morgan fingerprint density at radius 1 is 0.532 bits per heavy atom. The van der Waals surface area contributed by atoms with Crippen molar-refractivity contribution < 1.29 is 73.2 Å². The van der Waals surface area contributed by atoms with Gasteiger partial charge in [-0.05, 0) is 104 Å². The molecule has 0 bridgehead atoms. The zero-order valence-electron chi connectivity index (χ0n) is 46.6. The van der Waals surface area contributed by atoms with Gasteiger partial charge in [-0.1, -0.05) is 40.5 Å². The highest BCUT2D eigenvalue weighted by Crippen LogP contribution is 2.11. The maximum absolute atomic E-state index is 14.2. The molecule has 0 aromatic carbocycles. The van der Waals surface area contributed by atoms with E-state index in [1.807, 2.05) is 13.8 Å². The van der Waals surface area contributed by atoms with Crippen LogP contribution >= 0.6 is 0 Å². The molecule has 79 heavy (non-hydrogen) atoms. The Morgan fingerprint density at radius 2 is 1.01 bits per heavy atom. The molecule has 1 rings (SSSR count). The average molecular weight is 1130 g/mol. The first-order valence-electron chi connectivity index (χ1n) is 26.9. The van der Waals surface area contributed by atoms with E-state index < -0.39 is 163 Å². The van der Waals surface area contributed by atoms with Gasteiger partial charge in [0.15, 0.2) is 0 Å². The summed E-state index contributed by atoms with van der Waals surface area (Å²) in [7, 11) is 0. The molecule has 0 saturated carbocycles. The van der Waals surface area contributed by atoms with Crippen molar-refractivity contribution >= 4 is 65.0 Å². The van der Waals surface area contributed by atoms with E-state index >= 15 is 0 Å². The van der Waals surface area contributed by atoms with Gasteiger partial charge in [-0.2, -0.15) is 0 Å². The number of amides is 11. The molecule has 1 heterocycles. The number of rotatable bonds is 26. The molecule has 30 heteroatoms. The lowest BCUT2D eigenvalue weighted by atomic mass is 10.0. The summed E-state index contributed by atoms with van der Waals surface area (Å²) in [6.07, 6.45) is -3.81. The molecule has 0 aromatic heterocycles. The second kappa shape index (κ2) is 36.9. The van der Waals surface area contributed by atoms with Crippen LogP contribution in [0.5, 0.6) is 0 Å². The highest BCUT2D eigenvalue weighted by Gasteiger charge is 2.38. The lowest BCUT2D eigenvalue weighted by molar-refractivity contribution is -0.137. The van der Waals surface area contributed by atoms with Crippen molar-refractivity contribution in [3.8, 4) is 0 Å². The van der Waals surface area contributed by atoms with E-state index in [1.54, 1.807) is 13.8 Å². The summed E-state index contributed by atoms with van der Waals surface area (Å²) in [5.41, 5.74) is 23.1. The molecule has 11 amide bonds. The van der Waals surface area contributed by atoms with Crippen LogP contribution in [0.2, 0.25) is 0 Å². The number of nitrogens with two attached hydrogens (primary N) is 4. The normalized spacial score (nSPS) is 23.9. The van der Waals surface area contributed by atoms with Crippen LogP contribution in [0.1, 0.15) is 113 Å². The third-order valence-corrected chi connectivity index (χ3v) is 12.5. The van der Waals surface area contributed by atoms with E-state index in [4.69, 9.17) is 22.9 Å². The molecule has 30 nitrogen and oxygen atoms in total. The van der Waals surface area contributed by atoms with Crippen molar-refractivity contribution in [2.75, 3.05) is 39.3 Å². The zero-order chi connectivity index (χ0) is 60.1. The van der Waals surface area contributed by atoms with Crippen LogP contribution < -0.4 is 81.4 Å². The highest BCUT2D eigenvalue weighted by molar-refractivity contribution is 5.99. The zero-order valence-corrected chi connectivity index (χ0v) is 46.6. The van der Waals surface area contributed by atoms with Gasteiger partial charge in [0.2, 0.25) is 65.0 Å². The quantitative estimate of drug-likeness (QED) is 0.0358. The fourth-order valence-electron chi connectivity index (χ4n) is 8.05. The van der Waals surface area contributed by atoms with Crippen molar-refractivity contribution in [1.82, 2.24) is 58.5 Å². The van der Waals surface area contributed by atoms with Gasteiger partial charge < -0.3 is 102 Å². The van der Waals surface area contributed by atoms with Crippen molar-refractivity contribution in [3.63, 3.8) is 0 Å². The first-order chi connectivity index (χ1) is 37.1. The molecular formula is C49H91N15O15. The minimum absolute atomic E-state index is 0.0467. The molecule has 23 N–H and O–H groups in total. The molecule has 1 aliphatic heterocycles. The average Bonchev–Trinajstić information content (AvgIpc) is 3.36. The van der Waals surface area contributed by atoms with Crippen molar-refractivity contribution in [3.05, 3.63) is 0 Å². The number of hydrogen-bond donors (Lipinski definition) is 19. The molecule has 1 saturated heterocycles. The van der Waals surface area contributed by atoms with Gasteiger partial charge in [0.25, 0.3) is 0 Å². The lowest BCUT2D eigenvalue weighted by Crippen LogP contribution is -2.62. The van der Waals surface area contributed by atoms with Crippen LogP contribution in [0.4, 0.5) is 0 Å². The number of carbonyl (C=O) groups excluding carboxylic acids is 11. The maximum Gasteiger partial charge on any atom is 0.245 e. The summed E-state index contributed by atoms with van der Waals surface area (Å²) < 4.78 is 0. The third kappa shape index (κ3) is 25.7. The summed E-state index contributed by atoms with van der Waals surface area (Å²) >= 11 is 0. The Morgan fingerprint density at radius 3 is 1.48 bits per heavy atom. The van der Waals surface area contributed by atoms with Gasteiger partial charge in [0, 0.05) is 13.0 Å². The molecule has 1 aliphatic rings. The molecule has 0 radical (unpaired) electrons. The smallest absolute Gasteiger partial charge is 0.245 e. The van der Waals surface area contributed by atoms with Crippen LogP contribution in [0.3, 0.4) is 0 Å². The molecule has 0 aromatic rings. The SMILES string of the molecule is CC(C)CCCCC(=O)N[C@@H](CCN)C(=O)N[C@H](C(=O)N[C@H](CO)C(=O)N[C@H]1CCNC(=O)[C@H]([C@@H](C)O)NC(=O)[C@H](CCN)NC(=O)[C@H](CCN)NC(=O)[C@H]([C@@H](C)O)NC(=O)[C@@H](CC(C)C)NC(=O)[C@H](CCN)NC1=O)[C@@H](C)O. The summed E-state index contributed by atoms with van der Waals surface area (Å²) in [4.78, 5) is 151. The monoisotopic (exact) mass is 1130 g/mol. The van der Waals surface area contributed by atoms with Gasteiger partial charge in [-0.25, -0.2) is 0 Å². The molecular weight excluding hydrogens is 1040 g/mol. The van der Waals surface area contributed by atoms with Crippen molar-refractivity contribution in [1.29, 1.82) is 0 Å². The molecule has 0 aliphatic carbocycles. The lowest BCUT2D eigenvalue weighted by Gasteiger charge is -2.29. The fraction of sp³-hybridized carbons (Fsp3) is 0.776. The van der Waals surface area contributed by atoms with Crippen molar-refractivity contribution in [2.45, 2.75) is 191 Å². The third-order valence-electron chi connectivity index (χ3n) is 12.5. The van der Waals surface area contributed by atoms with Gasteiger partial charge in [0.05, 0.1) is 24.9 Å². The number of hydrogen-bond acceptors (Lipinski definition) is 19. The van der Waals surface area contributed by atoms with Crippen LogP contribution in [0, 0.1) is 11.8 Å². The summed E-state index contributed by atoms with van der Waals surface area (Å²) in [5.74, 6) is -10.7. The Labute approximate surface area is 461 Å². The first kappa shape index (κ1) is 70.9. The number of nitrogens with one attached hydrogen (secondary N) is 11. The Hall–Kier alpha value is -6.15. The van der Waals surface area contributed by atoms with Crippen LogP contribution in [0.15, 0.2) is 0 Å². The van der Waals surface area contributed by atoms with Gasteiger partial charge in [0.1, 0.15) is 60.4 Å². The second-order valence-corrected chi connectivity index (χ2v) is 20.5. The molecule has 1 fully saturated rings. The first-order valence-corrected chi connectivity index (χ1v) is 26.9. The van der Waals surface area contributed by atoms with Crippen LogP contribution in [0.25, 0.3) is 0 Å². The summed E-state index contributed by atoms with van der Waals surface area (Å²) in [5, 5.41) is 68.9. The number of carbonyl (C=O) groups is 11.